The van der Waals surface area contributed by atoms with E-state index in [0.29, 0.717) is 23.0 Å². The fraction of sp³-hybridized carbons (Fsp3) is 0.429. The number of phenols is 1. The number of H-pyrrole nitrogens is 1. The molecule has 3 rings (SSSR count). The number of aromatic nitrogens is 1. The average molecular weight is 714 g/mol. The molecule has 0 radical (unpaired) electrons. The van der Waals surface area contributed by atoms with Crippen LogP contribution >= 0.6 is 15.9 Å². The first kappa shape index (κ1) is 37.3. The first-order valence-electron chi connectivity index (χ1n) is 15.7. The SMILES string of the molecule is C/C(=C\[C@H](C)C[C@H](C)O)C[C@H](C)C(=O)N[C@@H](C)C(=O)N[C@H](Cc1c(Br)[nH]c2ccccc12)C(=O)N[C@H](CC(=O)O)c1ccc(O)cc1. The van der Waals surface area contributed by atoms with Crippen molar-refractivity contribution in [1.82, 2.24) is 20.9 Å². The van der Waals surface area contributed by atoms with Gasteiger partial charge in [0.25, 0.3) is 0 Å². The number of aliphatic hydroxyl groups is 1. The normalized spacial score (nSPS) is 15.6. The number of carboxylic acids is 1. The van der Waals surface area contributed by atoms with Crippen molar-refractivity contribution in [2.24, 2.45) is 11.8 Å². The van der Waals surface area contributed by atoms with Gasteiger partial charge in [0.05, 0.1) is 23.2 Å². The maximum absolute atomic E-state index is 13.8. The minimum absolute atomic E-state index is 0.00842. The third-order valence-corrected chi connectivity index (χ3v) is 8.58. The monoisotopic (exact) mass is 712 g/mol. The highest BCUT2D eigenvalue weighted by molar-refractivity contribution is 9.10. The number of phenolic OH excluding ortho intramolecular Hbond substituents is 1. The fourth-order valence-corrected chi connectivity index (χ4v) is 6.23. The number of carbonyl (C=O) groups excluding carboxylic acids is 3. The third kappa shape index (κ3) is 11.2. The number of amides is 3. The van der Waals surface area contributed by atoms with Crippen molar-refractivity contribution >= 4 is 50.5 Å². The van der Waals surface area contributed by atoms with Crippen LogP contribution in [0.25, 0.3) is 10.9 Å². The fourth-order valence-electron chi connectivity index (χ4n) is 5.64. The standard InChI is InChI=1S/C35H45BrN4O7/c1-19(14-20(2)16-22(4)41)15-21(3)33(45)37-23(5)34(46)40-30(17-27-26-8-6-7-9-28(26)38-32(27)36)35(47)39-29(18-31(43)44)24-10-12-25(42)13-11-24/h6-14,20-23,29-30,38,41-42H,15-18H2,1-5H3,(H,37,45)(H,39,47)(H,40,46)(H,43,44)/b19-14+/t20-,21-,22-,23-,29+,30+/m0/s1. The second-order valence-corrected chi connectivity index (χ2v) is 13.2. The molecule has 47 heavy (non-hydrogen) atoms. The number of aliphatic carboxylic acids is 1. The molecule has 3 aromatic rings. The highest BCUT2D eigenvalue weighted by Gasteiger charge is 2.30. The Hall–Kier alpha value is -4.16. The van der Waals surface area contributed by atoms with Crippen LogP contribution < -0.4 is 16.0 Å². The van der Waals surface area contributed by atoms with Crippen LogP contribution in [0.3, 0.4) is 0 Å². The summed E-state index contributed by atoms with van der Waals surface area (Å²) >= 11 is 3.53. The van der Waals surface area contributed by atoms with Crippen molar-refractivity contribution in [3.05, 3.63) is 75.9 Å². The summed E-state index contributed by atoms with van der Waals surface area (Å²) in [5, 5.41) is 38.0. The van der Waals surface area contributed by atoms with Gasteiger partial charge in [-0.15, -0.1) is 0 Å². The van der Waals surface area contributed by atoms with Gasteiger partial charge in [-0.3, -0.25) is 19.2 Å². The Labute approximate surface area is 283 Å². The summed E-state index contributed by atoms with van der Waals surface area (Å²) in [5.74, 6) is -2.95. The topological polar surface area (TPSA) is 181 Å². The summed E-state index contributed by atoms with van der Waals surface area (Å²) in [5.41, 5.74) is 3.03. The number of allylic oxidation sites excluding steroid dienone is 2. The summed E-state index contributed by atoms with van der Waals surface area (Å²) in [6, 6.07) is 10.3. The zero-order valence-corrected chi connectivity index (χ0v) is 28.9. The van der Waals surface area contributed by atoms with Crippen LogP contribution in [0.15, 0.2) is 64.8 Å². The maximum Gasteiger partial charge on any atom is 0.305 e. The van der Waals surface area contributed by atoms with Crippen molar-refractivity contribution in [1.29, 1.82) is 0 Å². The summed E-state index contributed by atoms with van der Waals surface area (Å²) in [7, 11) is 0. The van der Waals surface area contributed by atoms with Crippen LogP contribution in [-0.4, -0.2) is 62.2 Å². The quantitative estimate of drug-likeness (QED) is 0.103. The molecule has 0 bridgehead atoms. The van der Waals surface area contributed by atoms with Crippen LogP contribution in [0, 0.1) is 11.8 Å². The molecule has 6 atom stereocenters. The van der Waals surface area contributed by atoms with E-state index in [1.807, 2.05) is 44.2 Å². The molecule has 2 aromatic carbocycles. The van der Waals surface area contributed by atoms with E-state index in [4.69, 9.17) is 0 Å². The number of halogens is 1. The van der Waals surface area contributed by atoms with E-state index in [-0.39, 0.29) is 24.0 Å². The molecule has 12 heteroatoms. The number of aromatic hydroxyl groups is 1. The van der Waals surface area contributed by atoms with Gasteiger partial charge in [0.15, 0.2) is 0 Å². The molecule has 0 unspecified atom stereocenters. The van der Waals surface area contributed by atoms with Gasteiger partial charge in [0, 0.05) is 23.2 Å². The molecular weight excluding hydrogens is 668 g/mol. The van der Waals surface area contributed by atoms with Gasteiger partial charge in [-0.2, -0.15) is 0 Å². The molecule has 3 amide bonds. The molecule has 11 nitrogen and oxygen atoms in total. The molecule has 7 N–H and O–H groups in total. The molecule has 0 fully saturated rings. The Morgan fingerprint density at radius 3 is 2.19 bits per heavy atom. The first-order chi connectivity index (χ1) is 22.1. The van der Waals surface area contributed by atoms with E-state index < -0.39 is 54.4 Å². The van der Waals surface area contributed by atoms with E-state index in [9.17, 15) is 34.5 Å². The number of benzene rings is 2. The number of carbonyl (C=O) groups is 4. The molecule has 0 aliphatic rings. The number of aliphatic hydroxyl groups excluding tert-OH is 1. The van der Waals surface area contributed by atoms with E-state index in [1.54, 1.807) is 13.8 Å². The van der Waals surface area contributed by atoms with Crippen LogP contribution in [0.4, 0.5) is 0 Å². The minimum atomic E-state index is -1.14. The van der Waals surface area contributed by atoms with E-state index in [1.165, 1.54) is 31.2 Å². The van der Waals surface area contributed by atoms with Gasteiger partial charge in [-0.25, -0.2) is 0 Å². The number of hydrogen-bond donors (Lipinski definition) is 7. The van der Waals surface area contributed by atoms with Crippen LogP contribution in [0.1, 0.15) is 71.0 Å². The lowest BCUT2D eigenvalue weighted by atomic mass is 9.95. The van der Waals surface area contributed by atoms with Crippen molar-refractivity contribution in [3.8, 4) is 5.75 Å². The largest absolute Gasteiger partial charge is 0.508 e. The third-order valence-electron chi connectivity index (χ3n) is 7.90. The van der Waals surface area contributed by atoms with Crippen LogP contribution in [0.5, 0.6) is 5.75 Å². The molecule has 254 valence electrons. The van der Waals surface area contributed by atoms with Gasteiger partial charge in [-0.05, 0) is 84.8 Å². The summed E-state index contributed by atoms with van der Waals surface area (Å²) in [6.07, 6.45) is 2.34. The number of fused-ring (bicyclic) bond motifs is 1. The van der Waals surface area contributed by atoms with Crippen LogP contribution in [-0.2, 0) is 25.6 Å². The summed E-state index contributed by atoms with van der Waals surface area (Å²) in [4.78, 5) is 55.2. The Bertz CT molecular complexity index is 1580. The molecule has 0 aliphatic heterocycles. The van der Waals surface area contributed by atoms with E-state index in [0.717, 1.165) is 22.0 Å². The van der Waals surface area contributed by atoms with Crippen LogP contribution in [0.2, 0.25) is 0 Å². The van der Waals surface area contributed by atoms with E-state index in [2.05, 4.69) is 36.9 Å². The molecule has 1 aromatic heterocycles. The lowest BCUT2D eigenvalue weighted by Gasteiger charge is -2.25. The lowest BCUT2D eigenvalue weighted by molar-refractivity contribution is -0.138. The molecule has 1 heterocycles. The van der Waals surface area contributed by atoms with Gasteiger partial charge in [0.2, 0.25) is 17.7 Å². The predicted octanol–water partition coefficient (Wildman–Crippen LogP) is 4.88. The maximum atomic E-state index is 13.8. The van der Waals surface area contributed by atoms with Gasteiger partial charge in [-0.1, -0.05) is 55.8 Å². The Morgan fingerprint density at radius 2 is 1.55 bits per heavy atom. The zero-order valence-electron chi connectivity index (χ0n) is 27.3. The molecule has 0 saturated carbocycles. The Balaban J connectivity index is 1.79. The smallest absolute Gasteiger partial charge is 0.305 e. The highest BCUT2D eigenvalue weighted by atomic mass is 79.9. The van der Waals surface area contributed by atoms with Gasteiger partial charge < -0.3 is 36.3 Å². The number of nitrogens with one attached hydrogen (secondary N) is 4. The van der Waals surface area contributed by atoms with Crippen molar-refractivity contribution in [2.75, 3.05) is 0 Å². The van der Waals surface area contributed by atoms with Crippen molar-refractivity contribution in [3.63, 3.8) is 0 Å². The van der Waals surface area contributed by atoms with Gasteiger partial charge >= 0.3 is 5.97 Å². The number of para-hydroxylation sites is 1. The second-order valence-electron chi connectivity index (χ2n) is 12.4. The highest BCUT2D eigenvalue weighted by Crippen LogP contribution is 2.28. The number of hydrogen-bond acceptors (Lipinski definition) is 6. The average Bonchev–Trinajstić information content (AvgIpc) is 3.30. The second kappa shape index (κ2) is 17.1. The Morgan fingerprint density at radius 1 is 0.894 bits per heavy atom. The number of aromatic amines is 1. The van der Waals surface area contributed by atoms with Crippen molar-refractivity contribution in [2.45, 2.75) is 84.5 Å². The van der Waals surface area contributed by atoms with E-state index >= 15 is 0 Å². The summed E-state index contributed by atoms with van der Waals surface area (Å²) < 4.78 is 0.632. The Kier molecular flexibility index (Phi) is 13.6. The minimum Gasteiger partial charge on any atom is -0.508 e. The molecule has 0 saturated heterocycles. The molecule has 0 aliphatic carbocycles. The number of rotatable bonds is 16. The van der Waals surface area contributed by atoms with Gasteiger partial charge in [0.1, 0.15) is 17.8 Å². The van der Waals surface area contributed by atoms with Crippen molar-refractivity contribution < 1.29 is 34.5 Å². The first-order valence-corrected chi connectivity index (χ1v) is 16.5. The molecule has 0 spiro atoms. The summed E-state index contributed by atoms with van der Waals surface area (Å²) in [6.45, 7) is 8.98. The number of carboxylic acid groups (broad SMARTS) is 1. The lowest BCUT2D eigenvalue weighted by Crippen LogP contribution is -2.54. The molecular formula is C35H45BrN4O7. The predicted molar refractivity (Wildman–Crippen MR) is 183 cm³/mol. The zero-order chi connectivity index (χ0) is 34.8.